The summed E-state index contributed by atoms with van der Waals surface area (Å²) < 4.78 is 10.3. The molecule has 1 aromatic rings. The van der Waals surface area contributed by atoms with Gasteiger partial charge >= 0.3 is 5.63 Å². The first-order chi connectivity index (χ1) is 11.5. The van der Waals surface area contributed by atoms with Crippen molar-refractivity contribution in [1.82, 2.24) is 0 Å². The first kappa shape index (κ1) is 20.7. The minimum Gasteiger partial charge on any atom is -0.496 e. The molecule has 1 rings (SSSR count). The molecule has 0 unspecified atom stereocenters. The smallest absolute Gasteiger partial charge is 0.345 e. The lowest BCUT2D eigenvalue weighted by Gasteiger charge is -2.22. The molecule has 1 heterocycles. The van der Waals surface area contributed by atoms with Crippen molar-refractivity contribution in [1.29, 1.82) is 0 Å². The zero-order valence-electron chi connectivity index (χ0n) is 15.3. The molecule has 0 aliphatic heterocycles. The Morgan fingerprint density at radius 2 is 1.71 bits per heavy atom. The first-order valence-corrected chi connectivity index (χ1v) is 9.01. The van der Waals surface area contributed by atoms with Crippen LogP contribution in [-0.2, 0) is 12.2 Å². The summed E-state index contributed by atoms with van der Waals surface area (Å²) >= 11 is 0. The van der Waals surface area contributed by atoms with E-state index >= 15 is 0 Å². The summed E-state index contributed by atoms with van der Waals surface area (Å²) in [4.78, 5) is 11.9. The van der Waals surface area contributed by atoms with Crippen molar-refractivity contribution in [2.45, 2.75) is 83.8 Å². The molecule has 0 fully saturated rings. The summed E-state index contributed by atoms with van der Waals surface area (Å²) in [7, 11) is 1.42. The molecular formula is C19H32O5. The molecule has 24 heavy (non-hydrogen) atoms. The predicted octanol–water partition coefficient (Wildman–Crippen LogP) is 3.88. The Morgan fingerprint density at radius 3 is 2.25 bits per heavy atom. The monoisotopic (exact) mass is 340 g/mol. The SMILES string of the molecule is CCCCCCCCCC[C@@](C)(O)c1cc(OC)c(CO)c(=O)o1. The number of aliphatic hydroxyl groups is 2. The molecule has 0 aliphatic rings. The van der Waals surface area contributed by atoms with Crippen LogP contribution in [0.25, 0.3) is 0 Å². The number of unbranched alkanes of at least 4 members (excludes halogenated alkanes) is 7. The van der Waals surface area contributed by atoms with Crippen molar-refractivity contribution in [2.24, 2.45) is 0 Å². The van der Waals surface area contributed by atoms with Crippen molar-refractivity contribution in [3.05, 3.63) is 27.8 Å². The molecule has 0 saturated carbocycles. The fraction of sp³-hybridized carbons (Fsp3) is 0.737. The van der Waals surface area contributed by atoms with E-state index in [1.165, 1.54) is 45.3 Å². The highest BCUT2D eigenvalue weighted by atomic mass is 16.5. The molecule has 5 nitrogen and oxygen atoms in total. The van der Waals surface area contributed by atoms with Crippen molar-refractivity contribution >= 4 is 0 Å². The van der Waals surface area contributed by atoms with Gasteiger partial charge in [0.05, 0.1) is 13.7 Å². The second-order valence-corrected chi connectivity index (χ2v) is 6.60. The minimum absolute atomic E-state index is 0.0733. The van der Waals surface area contributed by atoms with Gasteiger partial charge < -0.3 is 19.4 Å². The number of aliphatic hydroxyl groups excluding tert-OH is 1. The highest BCUT2D eigenvalue weighted by Gasteiger charge is 2.28. The van der Waals surface area contributed by atoms with Gasteiger partial charge in [-0.1, -0.05) is 58.3 Å². The molecule has 138 valence electrons. The van der Waals surface area contributed by atoms with Gasteiger partial charge in [0.15, 0.2) is 0 Å². The highest BCUT2D eigenvalue weighted by molar-refractivity contribution is 5.32. The molecule has 0 amide bonds. The second-order valence-electron chi connectivity index (χ2n) is 6.60. The number of hydrogen-bond acceptors (Lipinski definition) is 5. The lowest BCUT2D eigenvalue weighted by Crippen LogP contribution is -2.24. The zero-order valence-corrected chi connectivity index (χ0v) is 15.3. The van der Waals surface area contributed by atoms with E-state index in [-0.39, 0.29) is 17.1 Å². The minimum atomic E-state index is -1.22. The van der Waals surface area contributed by atoms with E-state index in [1.54, 1.807) is 6.92 Å². The van der Waals surface area contributed by atoms with Crippen LogP contribution in [0.3, 0.4) is 0 Å². The Labute approximate surface area is 144 Å². The maximum absolute atomic E-state index is 11.9. The molecule has 2 N–H and O–H groups in total. The Hall–Kier alpha value is -1.33. The van der Waals surface area contributed by atoms with Crippen LogP contribution < -0.4 is 10.4 Å². The zero-order chi connectivity index (χ0) is 18.0. The van der Waals surface area contributed by atoms with E-state index < -0.39 is 17.8 Å². The van der Waals surface area contributed by atoms with Crippen LogP contribution >= 0.6 is 0 Å². The third-order valence-electron chi connectivity index (χ3n) is 4.43. The third-order valence-corrected chi connectivity index (χ3v) is 4.43. The normalized spacial score (nSPS) is 13.7. The lowest BCUT2D eigenvalue weighted by molar-refractivity contribution is 0.0188. The number of ether oxygens (including phenoxy) is 1. The van der Waals surface area contributed by atoms with Crippen molar-refractivity contribution in [3.8, 4) is 5.75 Å². The number of hydrogen-bond donors (Lipinski definition) is 2. The van der Waals surface area contributed by atoms with Gasteiger partial charge in [-0.2, -0.15) is 0 Å². The van der Waals surface area contributed by atoms with E-state index in [2.05, 4.69) is 6.92 Å². The van der Waals surface area contributed by atoms with Crippen LogP contribution in [0.2, 0.25) is 0 Å². The molecule has 0 saturated heterocycles. The number of rotatable bonds is 12. The molecule has 0 aromatic carbocycles. The fourth-order valence-electron chi connectivity index (χ4n) is 2.81. The lowest BCUT2D eigenvalue weighted by atomic mass is 9.94. The van der Waals surface area contributed by atoms with E-state index in [4.69, 9.17) is 9.15 Å². The molecule has 1 aromatic heterocycles. The van der Waals surface area contributed by atoms with Gasteiger partial charge in [0.25, 0.3) is 0 Å². The van der Waals surface area contributed by atoms with E-state index in [0.717, 1.165) is 19.3 Å². The Morgan fingerprint density at radius 1 is 1.12 bits per heavy atom. The van der Waals surface area contributed by atoms with Crippen molar-refractivity contribution < 1.29 is 19.4 Å². The molecule has 0 bridgehead atoms. The van der Waals surface area contributed by atoms with Crippen LogP contribution in [0.15, 0.2) is 15.3 Å². The van der Waals surface area contributed by atoms with E-state index in [0.29, 0.717) is 6.42 Å². The van der Waals surface area contributed by atoms with Gasteiger partial charge in [-0.15, -0.1) is 0 Å². The summed E-state index contributed by atoms with van der Waals surface area (Å²) in [6.07, 6.45) is 9.98. The molecule has 5 heteroatoms. The second kappa shape index (κ2) is 10.5. The third kappa shape index (κ3) is 6.29. The average molecular weight is 340 g/mol. The molecule has 1 atom stereocenters. The van der Waals surface area contributed by atoms with Crippen molar-refractivity contribution in [3.63, 3.8) is 0 Å². The van der Waals surface area contributed by atoms with Gasteiger partial charge in [0.1, 0.15) is 22.7 Å². The van der Waals surface area contributed by atoms with E-state index in [1.807, 2.05) is 0 Å². The molecule has 0 spiro atoms. The average Bonchev–Trinajstić information content (AvgIpc) is 2.56. The molecular weight excluding hydrogens is 308 g/mol. The maximum Gasteiger partial charge on any atom is 0.345 e. The van der Waals surface area contributed by atoms with Gasteiger partial charge in [-0.3, -0.25) is 0 Å². The highest BCUT2D eigenvalue weighted by Crippen LogP contribution is 2.29. The Balaban J connectivity index is 2.53. The standard InChI is InChI=1S/C19H32O5/c1-4-5-6-7-8-9-10-11-12-19(2,22)17-13-16(23-3)15(14-20)18(21)24-17/h13,20,22H,4-12,14H2,1-3H3/t19-/m1/s1. The Bertz CT molecular complexity index is 533. The van der Waals surface area contributed by atoms with Gasteiger partial charge in [0.2, 0.25) is 0 Å². The largest absolute Gasteiger partial charge is 0.496 e. The topological polar surface area (TPSA) is 79.9 Å². The summed E-state index contributed by atoms with van der Waals surface area (Å²) in [5, 5.41) is 19.8. The van der Waals surface area contributed by atoms with Crippen LogP contribution in [0.1, 0.15) is 83.0 Å². The summed E-state index contributed by atoms with van der Waals surface area (Å²) in [6.45, 7) is 3.40. The number of methoxy groups -OCH3 is 1. The van der Waals surface area contributed by atoms with Gasteiger partial charge in [-0.05, 0) is 13.3 Å². The molecule has 0 radical (unpaired) electrons. The van der Waals surface area contributed by atoms with Gasteiger partial charge in [0, 0.05) is 6.07 Å². The van der Waals surface area contributed by atoms with Crippen LogP contribution in [0.5, 0.6) is 5.75 Å². The maximum atomic E-state index is 11.9. The first-order valence-electron chi connectivity index (χ1n) is 9.01. The van der Waals surface area contributed by atoms with Crippen LogP contribution in [0.4, 0.5) is 0 Å². The van der Waals surface area contributed by atoms with E-state index in [9.17, 15) is 15.0 Å². The Kier molecular flexibility index (Phi) is 9.08. The summed E-state index contributed by atoms with van der Waals surface area (Å²) in [6, 6.07) is 1.50. The quantitative estimate of drug-likeness (QED) is 0.564. The van der Waals surface area contributed by atoms with Crippen LogP contribution in [-0.4, -0.2) is 17.3 Å². The predicted molar refractivity (Wildman–Crippen MR) is 94.3 cm³/mol. The summed E-state index contributed by atoms with van der Waals surface area (Å²) in [5.41, 5.74) is -1.81. The summed E-state index contributed by atoms with van der Waals surface area (Å²) in [5.74, 6) is 0.435. The molecule has 0 aliphatic carbocycles. The van der Waals surface area contributed by atoms with Gasteiger partial charge in [-0.25, -0.2) is 4.79 Å². The van der Waals surface area contributed by atoms with Crippen molar-refractivity contribution in [2.75, 3.05) is 7.11 Å². The fourth-order valence-corrected chi connectivity index (χ4v) is 2.81. The van der Waals surface area contributed by atoms with Crippen LogP contribution in [0, 0.1) is 0 Å².